The number of nitrogens with two attached hydrogens (primary N) is 1. The third kappa shape index (κ3) is 2.19. The fraction of sp³-hybridized carbons (Fsp3) is 0. The van der Waals surface area contributed by atoms with Gasteiger partial charge in [0.1, 0.15) is 18.0 Å². The van der Waals surface area contributed by atoms with Gasteiger partial charge in [0.15, 0.2) is 5.16 Å². The Kier molecular flexibility index (Phi) is 2.86. The number of aromatic amines is 1. The molecule has 0 bridgehead atoms. The summed E-state index contributed by atoms with van der Waals surface area (Å²) in [5.41, 5.74) is 5.72. The van der Waals surface area contributed by atoms with Crippen LogP contribution < -0.4 is 5.73 Å². The van der Waals surface area contributed by atoms with Gasteiger partial charge in [-0.1, -0.05) is 0 Å². The number of nitrogens with zero attached hydrogens (tertiary/aromatic N) is 2. The molecule has 0 radical (unpaired) electrons. The lowest BCUT2D eigenvalue weighted by molar-refractivity contribution is 0.626. The summed E-state index contributed by atoms with van der Waals surface area (Å²) in [6.07, 6.45) is 1.37. The highest BCUT2D eigenvalue weighted by molar-refractivity contribution is 7.99. The molecule has 0 saturated heterocycles. The van der Waals surface area contributed by atoms with Crippen molar-refractivity contribution in [3.8, 4) is 0 Å². The molecule has 82 valence electrons. The Labute approximate surface area is 94.8 Å². The molecule has 7 heteroatoms. The van der Waals surface area contributed by atoms with E-state index in [1.165, 1.54) is 30.2 Å². The molecule has 2 rings (SSSR count). The fourth-order valence-corrected chi connectivity index (χ4v) is 1.97. The van der Waals surface area contributed by atoms with Crippen molar-refractivity contribution in [3.05, 3.63) is 35.9 Å². The Bertz CT molecular complexity index is 511. The lowest BCUT2D eigenvalue weighted by Gasteiger charge is -2.05. The first-order valence-electron chi connectivity index (χ1n) is 4.34. The predicted molar refractivity (Wildman–Crippen MR) is 57.9 cm³/mol. The molecule has 0 aliphatic carbocycles. The van der Waals surface area contributed by atoms with Crippen molar-refractivity contribution < 1.29 is 4.39 Å². The van der Waals surface area contributed by atoms with Gasteiger partial charge in [0, 0.05) is 10.5 Å². The van der Waals surface area contributed by atoms with Crippen LogP contribution in [-0.4, -0.2) is 21.0 Å². The van der Waals surface area contributed by atoms with Crippen LogP contribution in [0.4, 0.5) is 4.39 Å². The largest absolute Gasteiger partial charge is 0.384 e. The molecule has 4 N–H and O–H groups in total. The van der Waals surface area contributed by atoms with Crippen molar-refractivity contribution in [1.29, 1.82) is 5.41 Å². The number of H-pyrrole nitrogens is 1. The lowest BCUT2D eigenvalue weighted by atomic mass is 10.2. The molecule has 5 nitrogen and oxygen atoms in total. The van der Waals surface area contributed by atoms with Gasteiger partial charge in [0.25, 0.3) is 0 Å². The quantitative estimate of drug-likeness (QED) is 0.555. The molecular formula is C9H8FN5S. The molecule has 1 aromatic heterocycles. The van der Waals surface area contributed by atoms with E-state index in [1.54, 1.807) is 6.07 Å². The van der Waals surface area contributed by atoms with E-state index in [2.05, 4.69) is 15.2 Å². The van der Waals surface area contributed by atoms with Crippen molar-refractivity contribution >= 4 is 17.6 Å². The fourth-order valence-electron chi connectivity index (χ4n) is 1.15. The number of nitrogen functional groups attached to an aromatic ring is 1. The van der Waals surface area contributed by atoms with Crippen molar-refractivity contribution in [2.75, 3.05) is 0 Å². The van der Waals surface area contributed by atoms with E-state index in [4.69, 9.17) is 11.1 Å². The number of hydrogen-bond acceptors (Lipinski definition) is 4. The van der Waals surface area contributed by atoms with Crippen LogP contribution in [0.5, 0.6) is 0 Å². The normalized spacial score (nSPS) is 10.3. The van der Waals surface area contributed by atoms with Crippen molar-refractivity contribution in [3.63, 3.8) is 0 Å². The number of benzene rings is 1. The van der Waals surface area contributed by atoms with Crippen LogP contribution in [0.25, 0.3) is 0 Å². The topological polar surface area (TPSA) is 91.4 Å². The second-order valence-electron chi connectivity index (χ2n) is 2.95. The Balaban J connectivity index is 2.36. The second-order valence-corrected chi connectivity index (χ2v) is 3.98. The van der Waals surface area contributed by atoms with Crippen LogP contribution in [0.1, 0.15) is 5.56 Å². The Hall–Kier alpha value is -1.89. The van der Waals surface area contributed by atoms with Gasteiger partial charge < -0.3 is 5.73 Å². The molecule has 16 heavy (non-hydrogen) atoms. The summed E-state index contributed by atoms with van der Waals surface area (Å²) in [6.45, 7) is 0. The molecule has 2 aromatic rings. The predicted octanol–water partition coefficient (Wildman–Crippen LogP) is 1.38. The maximum Gasteiger partial charge on any atom is 0.188 e. The van der Waals surface area contributed by atoms with Crippen LogP contribution in [0, 0.1) is 11.2 Å². The minimum Gasteiger partial charge on any atom is -0.384 e. The van der Waals surface area contributed by atoms with E-state index in [0.29, 0.717) is 15.6 Å². The Morgan fingerprint density at radius 2 is 2.31 bits per heavy atom. The molecule has 0 aliphatic rings. The van der Waals surface area contributed by atoms with Gasteiger partial charge >= 0.3 is 0 Å². The summed E-state index contributed by atoms with van der Waals surface area (Å²) in [4.78, 5) is 4.58. The van der Waals surface area contributed by atoms with E-state index >= 15 is 0 Å². The van der Waals surface area contributed by atoms with Gasteiger partial charge in [-0.05, 0) is 30.0 Å². The van der Waals surface area contributed by atoms with Gasteiger partial charge in [-0.25, -0.2) is 9.37 Å². The van der Waals surface area contributed by atoms with Gasteiger partial charge in [0.05, 0.1) is 0 Å². The zero-order valence-corrected chi connectivity index (χ0v) is 8.88. The Morgan fingerprint density at radius 3 is 2.94 bits per heavy atom. The molecule has 0 amide bonds. The summed E-state index contributed by atoms with van der Waals surface area (Å²) in [7, 11) is 0. The first-order chi connectivity index (χ1) is 7.66. The van der Waals surface area contributed by atoms with Crippen LogP contribution in [0.3, 0.4) is 0 Å². The highest BCUT2D eigenvalue weighted by Crippen LogP contribution is 2.27. The summed E-state index contributed by atoms with van der Waals surface area (Å²) in [6, 6.07) is 4.09. The van der Waals surface area contributed by atoms with Crippen molar-refractivity contribution in [2.24, 2.45) is 5.73 Å². The molecule has 1 heterocycles. The van der Waals surface area contributed by atoms with Crippen LogP contribution >= 0.6 is 11.8 Å². The summed E-state index contributed by atoms with van der Waals surface area (Å²) in [5.74, 6) is -0.603. The molecule has 0 atom stereocenters. The monoisotopic (exact) mass is 237 g/mol. The number of halogens is 1. The standard InChI is InChI=1S/C9H8FN5S/c10-5-1-2-7(6(3-5)8(11)12)16-9-13-4-14-15-9/h1-4H,(H3,11,12)(H,13,14,15). The van der Waals surface area contributed by atoms with E-state index in [0.717, 1.165) is 0 Å². The van der Waals surface area contributed by atoms with E-state index in [-0.39, 0.29) is 5.84 Å². The number of aromatic nitrogens is 3. The number of rotatable bonds is 3. The summed E-state index contributed by atoms with van der Waals surface area (Å²) in [5, 5.41) is 14.3. The van der Waals surface area contributed by atoms with E-state index in [1.807, 2.05) is 0 Å². The summed E-state index contributed by atoms with van der Waals surface area (Å²) < 4.78 is 13.0. The molecule has 0 fully saturated rings. The first kappa shape index (κ1) is 10.6. The van der Waals surface area contributed by atoms with Crippen molar-refractivity contribution in [1.82, 2.24) is 15.2 Å². The number of amidine groups is 1. The maximum atomic E-state index is 13.0. The highest BCUT2D eigenvalue weighted by Gasteiger charge is 2.09. The zero-order valence-electron chi connectivity index (χ0n) is 8.07. The maximum absolute atomic E-state index is 13.0. The smallest absolute Gasteiger partial charge is 0.188 e. The molecule has 0 unspecified atom stereocenters. The SMILES string of the molecule is N=C(N)c1cc(F)ccc1Sc1ncn[nH]1. The molecule has 0 saturated carbocycles. The number of hydrogen-bond donors (Lipinski definition) is 3. The van der Waals surface area contributed by atoms with Crippen LogP contribution in [-0.2, 0) is 0 Å². The van der Waals surface area contributed by atoms with Gasteiger partial charge in [-0.15, -0.1) is 0 Å². The van der Waals surface area contributed by atoms with Crippen LogP contribution in [0.2, 0.25) is 0 Å². The molecular weight excluding hydrogens is 229 g/mol. The van der Waals surface area contributed by atoms with Crippen molar-refractivity contribution in [2.45, 2.75) is 10.1 Å². The average molecular weight is 237 g/mol. The highest BCUT2D eigenvalue weighted by atomic mass is 32.2. The first-order valence-corrected chi connectivity index (χ1v) is 5.15. The second kappa shape index (κ2) is 4.31. The summed E-state index contributed by atoms with van der Waals surface area (Å²) >= 11 is 1.24. The molecule has 1 aromatic carbocycles. The van der Waals surface area contributed by atoms with Gasteiger partial charge in [-0.2, -0.15) is 5.10 Å². The minimum absolute atomic E-state index is 0.179. The third-order valence-electron chi connectivity index (χ3n) is 1.83. The third-order valence-corrected chi connectivity index (χ3v) is 2.80. The minimum atomic E-state index is -0.424. The van der Waals surface area contributed by atoms with E-state index < -0.39 is 5.82 Å². The zero-order chi connectivity index (χ0) is 11.5. The van der Waals surface area contributed by atoms with E-state index in [9.17, 15) is 4.39 Å². The molecule has 0 spiro atoms. The number of nitrogens with one attached hydrogen (secondary N) is 2. The van der Waals surface area contributed by atoms with Crippen LogP contribution in [0.15, 0.2) is 34.6 Å². The van der Waals surface area contributed by atoms with Gasteiger partial charge in [0.2, 0.25) is 0 Å². The average Bonchev–Trinajstić information content (AvgIpc) is 2.73. The molecule has 0 aliphatic heterocycles. The lowest BCUT2D eigenvalue weighted by Crippen LogP contribution is -2.12. The van der Waals surface area contributed by atoms with Gasteiger partial charge in [-0.3, -0.25) is 10.5 Å². The Morgan fingerprint density at radius 1 is 1.50 bits per heavy atom.